The van der Waals surface area contributed by atoms with Crippen molar-refractivity contribution in [3.05, 3.63) is 95.1 Å². The van der Waals surface area contributed by atoms with E-state index in [1.165, 1.54) is 6.07 Å². The molecule has 0 spiro atoms. The number of nitrogens with zero attached hydrogens (tertiary/aromatic N) is 3. The van der Waals surface area contributed by atoms with Gasteiger partial charge in [0.2, 0.25) is 0 Å². The Balaban J connectivity index is 1.43. The van der Waals surface area contributed by atoms with Crippen molar-refractivity contribution in [1.82, 2.24) is 14.9 Å². The summed E-state index contributed by atoms with van der Waals surface area (Å²) in [4.78, 5) is 22.9. The molecule has 0 aliphatic carbocycles. The predicted octanol–water partition coefficient (Wildman–Crippen LogP) is 4.30. The molecule has 3 heterocycles. The molecule has 1 atom stereocenters. The van der Waals surface area contributed by atoms with Crippen LogP contribution in [0.15, 0.2) is 67.0 Å². The Labute approximate surface area is 177 Å². The molecule has 1 aliphatic heterocycles. The fraction of sp³-hybridized carbons (Fsp3) is 0.261. The van der Waals surface area contributed by atoms with Crippen LogP contribution in [0.2, 0.25) is 0 Å². The lowest BCUT2D eigenvalue weighted by atomic mass is 10.0. The number of carbonyl (C=O) groups excluding carboxylic acids is 1. The zero-order valence-corrected chi connectivity index (χ0v) is 16.5. The molecule has 1 saturated heterocycles. The maximum atomic E-state index is 12.9. The van der Waals surface area contributed by atoms with Gasteiger partial charge in [-0.05, 0) is 41.8 Å². The number of pyridine rings is 2. The molecule has 160 valence electrons. The highest BCUT2D eigenvalue weighted by Crippen LogP contribution is 2.30. The lowest BCUT2D eigenvalue weighted by Gasteiger charge is -2.32. The van der Waals surface area contributed by atoms with Crippen LogP contribution >= 0.6 is 0 Å². The zero-order valence-electron chi connectivity index (χ0n) is 16.5. The van der Waals surface area contributed by atoms with Gasteiger partial charge in [0.1, 0.15) is 11.8 Å². The first-order valence-electron chi connectivity index (χ1n) is 9.83. The lowest BCUT2D eigenvalue weighted by molar-refractivity contribution is -0.137. The first-order chi connectivity index (χ1) is 14.9. The quantitative estimate of drug-likeness (QED) is 0.623. The van der Waals surface area contributed by atoms with E-state index in [0.29, 0.717) is 43.1 Å². The van der Waals surface area contributed by atoms with Crippen molar-refractivity contribution in [2.45, 2.75) is 18.7 Å². The van der Waals surface area contributed by atoms with Crippen LogP contribution in [-0.2, 0) is 17.3 Å². The minimum absolute atomic E-state index is 0.157. The van der Waals surface area contributed by atoms with Gasteiger partial charge in [-0.1, -0.05) is 30.3 Å². The molecular formula is C23H20F3N3O2. The topological polar surface area (TPSA) is 55.3 Å². The number of amides is 1. The molecule has 2 aromatic heterocycles. The number of hydrogen-bond acceptors (Lipinski definition) is 4. The van der Waals surface area contributed by atoms with Crippen LogP contribution in [0.4, 0.5) is 13.2 Å². The number of rotatable bonds is 4. The number of ether oxygens (including phenoxy) is 1. The molecule has 5 nitrogen and oxygen atoms in total. The van der Waals surface area contributed by atoms with Crippen molar-refractivity contribution in [3.63, 3.8) is 0 Å². The number of hydrogen-bond donors (Lipinski definition) is 0. The summed E-state index contributed by atoms with van der Waals surface area (Å²) in [6, 6.07) is 14.1. The number of halogens is 3. The normalized spacial score (nSPS) is 16.9. The number of benzene rings is 1. The third kappa shape index (κ3) is 5.08. The number of aromatic nitrogens is 2. The number of carbonyl (C=O) groups is 1. The van der Waals surface area contributed by atoms with Crippen LogP contribution in [0.5, 0.6) is 0 Å². The molecule has 1 aromatic carbocycles. The second-order valence-corrected chi connectivity index (χ2v) is 7.29. The second kappa shape index (κ2) is 8.85. The van der Waals surface area contributed by atoms with E-state index in [4.69, 9.17) is 4.74 Å². The molecule has 0 N–H and O–H groups in total. The molecule has 1 aliphatic rings. The average Bonchev–Trinajstić information content (AvgIpc) is 2.79. The monoisotopic (exact) mass is 427 g/mol. The van der Waals surface area contributed by atoms with Gasteiger partial charge in [-0.3, -0.25) is 14.8 Å². The molecule has 1 amide bonds. The summed E-state index contributed by atoms with van der Waals surface area (Å²) in [5, 5.41) is 0. The van der Waals surface area contributed by atoms with E-state index in [0.717, 1.165) is 17.7 Å². The fourth-order valence-electron chi connectivity index (χ4n) is 3.49. The van der Waals surface area contributed by atoms with Crippen LogP contribution in [0.25, 0.3) is 0 Å². The molecule has 1 unspecified atom stereocenters. The third-order valence-corrected chi connectivity index (χ3v) is 5.08. The summed E-state index contributed by atoms with van der Waals surface area (Å²) >= 11 is 0. The maximum absolute atomic E-state index is 12.9. The fourth-order valence-corrected chi connectivity index (χ4v) is 3.49. The summed E-state index contributed by atoms with van der Waals surface area (Å²) in [6.07, 6.45) is -1.18. The largest absolute Gasteiger partial charge is 0.416 e. The predicted molar refractivity (Wildman–Crippen MR) is 107 cm³/mol. The molecule has 0 radical (unpaired) electrons. The van der Waals surface area contributed by atoms with Gasteiger partial charge in [-0.2, -0.15) is 13.2 Å². The maximum Gasteiger partial charge on any atom is 0.416 e. The van der Waals surface area contributed by atoms with Gasteiger partial charge in [-0.15, -0.1) is 0 Å². The molecule has 31 heavy (non-hydrogen) atoms. The molecule has 8 heteroatoms. The SMILES string of the molecule is O=C(c1ccccn1)N1CCOC(c2ccc(Cc3cccc(C(F)(F)F)c3)cn2)C1. The van der Waals surface area contributed by atoms with Gasteiger partial charge in [0.15, 0.2) is 0 Å². The van der Waals surface area contributed by atoms with Crippen LogP contribution in [0.1, 0.15) is 39.0 Å². The van der Waals surface area contributed by atoms with Crippen molar-refractivity contribution in [2.75, 3.05) is 19.7 Å². The second-order valence-electron chi connectivity index (χ2n) is 7.29. The van der Waals surface area contributed by atoms with Crippen molar-refractivity contribution in [3.8, 4) is 0 Å². The van der Waals surface area contributed by atoms with Crippen molar-refractivity contribution in [2.24, 2.45) is 0 Å². The Hall–Kier alpha value is -3.26. The molecule has 3 aromatic rings. The third-order valence-electron chi connectivity index (χ3n) is 5.08. The Morgan fingerprint density at radius 3 is 2.65 bits per heavy atom. The highest BCUT2D eigenvalue weighted by Gasteiger charge is 2.30. The van der Waals surface area contributed by atoms with Gasteiger partial charge >= 0.3 is 6.18 Å². The van der Waals surface area contributed by atoms with Crippen molar-refractivity contribution in [1.29, 1.82) is 0 Å². The highest BCUT2D eigenvalue weighted by molar-refractivity contribution is 5.92. The Morgan fingerprint density at radius 1 is 1.06 bits per heavy atom. The van der Waals surface area contributed by atoms with E-state index in [9.17, 15) is 18.0 Å². The van der Waals surface area contributed by atoms with Gasteiger partial charge in [0.05, 0.1) is 24.4 Å². The lowest BCUT2D eigenvalue weighted by Crippen LogP contribution is -2.42. The van der Waals surface area contributed by atoms with Crippen molar-refractivity contribution < 1.29 is 22.7 Å². The number of morpholine rings is 1. The van der Waals surface area contributed by atoms with Crippen molar-refractivity contribution >= 4 is 5.91 Å². The minimum atomic E-state index is -4.37. The van der Waals surface area contributed by atoms with E-state index < -0.39 is 11.7 Å². The average molecular weight is 427 g/mol. The van der Waals surface area contributed by atoms with E-state index in [2.05, 4.69) is 9.97 Å². The molecule has 4 rings (SSSR count). The summed E-state index contributed by atoms with van der Waals surface area (Å²) in [6.45, 7) is 1.21. The molecular weight excluding hydrogens is 407 g/mol. The van der Waals surface area contributed by atoms with E-state index >= 15 is 0 Å². The van der Waals surface area contributed by atoms with E-state index in [-0.39, 0.29) is 12.0 Å². The van der Waals surface area contributed by atoms with Gasteiger partial charge < -0.3 is 9.64 Å². The zero-order chi connectivity index (χ0) is 21.8. The summed E-state index contributed by atoms with van der Waals surface area (Å²) in [5.41, 5.74) is 1.74. The molecule has 0 saturated carbocycles. The Kier molecular flexibility index (Phi) is 5.99. The first kappa shape index (κ1) is 21.0. The van der Waals surface area contributed by atoms with E-state index in [1.54, 1.807) is 47.6 Å². The number of alkyl halides is 3. The smallest absolute Gasteiger partial charge is 0.368 e. The minimum Gasteiger partial charge on any atom is -0.368 e. The van der Waals surface area contributed by atoms with E-state index in [1.807, 2.05) is 6.07 Å². The summed E-state index contributed by atoms with van der Waals surface area (Å²) < 4.78 is 44.5. The van der Waals surface area contributed by atoms with Crippen LogP contribution in [0.3, 0.4) is 0 Å². The first-order valence-corrected chi connectivity index (χ1v) is 9.83. The summed E-state index contributed by atoms with van der Waals surface area (Å²) in [5.74, 6) is -0.157. The van der Waals surface area contributed by atoms with Crippen LogP contribution in [-0.4, -0.2) is 40.5 Å². The van der Waals surface area contributed by atoms with Crippen LogP contribution < -0.4 is 0 Å². The highest BCUT2D eigenvalue weighted by atomic mass is 19.4. The van der Waals surface area contributed by atoms with Gasteiger partial charge in [0, 0.05) is 18.9 Å². The van der Waals surface area contributed by atoms with Gasteiger partial charge in [-0.25, -0.2) is 0 Å². The summed E-state index contributed by atoms with van der Waals surface area (Å²) in [7, 11) is 0. The van der Waals surface area contributed by atoms with Crippen LogP contribution in [0, 0.1) is 0 Å². The molecule has 1 fully saturated rings. The Bertz CT molecular complexity index is 1040. The van der Waals surface area contributed by atoms with Gasteiger partial charge in [0.25, 0.3) is 5.91 Å². The Morgan fingerprint density at radius 2 is 1.94 bits per heavy atom. The molecule has 0 bridgehead atoms. The standard InChI is InChI=1S/C23H20F3N3O2/c24-23(25,26)18-5-3-4-16(13-18)12-17-7-8-19(28-14-17)21-15-29(10-11-31-21)22(30)20-6-1-2-9-27-20/h1-9,13-14,21H,10-12,15H2.